The normalized spacial score (nSPS) is 13.2. The van der Waals surface area contributed by atoms with Gasteiger partial charge in [-0.05, 0) is 71.4 Å². The highest BCUT2D eigenvalue weighted by Crippen LogP contribution is 2.12. The molecule has 0 saturated heterocycles. The van der Waals surface area contributed by atoms with E-state index in [9.17, 15) is 4.79 Å². The van der Waals surface area contributed by atoms with Crippen molar-refractivity contribution in [3.8, 4) is 0 Å². The van der Waals surface area contributed by atoms with Crippen LogP contribution in [-0.2, 0) is 14.3 Å². The van der Waals surface area contributed by atoms with Crippen LogP contribution in [0.15, 0.2) is 58.7 Å². The van der Waals surface area contributed by atoms with Crippen LogP contribution in [0.5, 0.6) is 0 Å². The molecule has 0 radical (unpaired) electrons. The van der Waals surface area contributed by atoms with Crippen LogP contribution >= 0.6 is 0 Å². The molecule has 3 nitrogen and oxygen atoms in total. The van der Waals surface area contributed by atoms with Gasteiger partial charge in [0.05, 0.1) is 13.2 Å². The quantitative estimate of drug-likeness (QED) is 0.183. The smallest absolute Gasteiger partial charge is 0.330 e. The fourth-order valence-electron chi connectivity index (χ4n) is 2.34. The third-order valence-electron chi connectivity index (χ3n) is 3.70. The molecule has 0 aromatic carbocycles. The second kappa shape index (κ2) is 15.4. The Balaban J connectivity index is 4.58. The van der Waals surface area contributed by atoms with E-state index in [0.29, 0.717) is 13.2 Å². The van der Waals surface area contributed by atoms with Gasteiger partial charge in [0.15, 0.2) is 0 Å². The summed E-state index contributed by atoms with van der Waals surface area (Å²) >= 11 is 0. The van der Waals surface area contributed by atoms with Gasteiger partial charge in [0.2, 0.25) is 0 Å². The lowest BCUT2D eigenvalue weighted by Crippen LogP contribution is -1.99. The van der Waals surface area contributed by atoms with Crippen molar-refractivity contribution in [2.75, 3.05) is 20.3 Å². The Bertz CT molecular complexity index is 556. The van der Waals surface area contributed by atoms with Crippen molar-refractivity contribution >= 4 is 5.97 Å². The van der Waals surface area contributed by atoms with E-state index in [1.54, 1.807) is 14.0 Å². The Morgan fingerprint density at radius 2 is 1.69 bits per heavy atom. The number of esters is 1. The van der Waals surface area contributed by atoms with Crippen LogP contribution in [0.2, 0.25) is 0 Å². The maximum absolute atomic E-state index is 11.4. The maximum Gasteiger partial charge on any atom is 0.330 e. The molecule has 0 bridgehead atoms. The first-order valence-electron chi connectivity index (χ1n) is 9.38. The minimum absolute atomic E-state index is 0.301. The molecular weight excluding hydrogens is 324 g/mol. The first-order valence-corrected chi connectivity index (χ1v) is 9.38. The number of carbonyl (C=O) groups is 1. The molecule has 0 saturated carbocycles. The van der Waals surface area contributed by atoms with Crippen molar-refractivity contribution in [2.24, 2.45) is 0 Å². The third kappa shape index (κ3) is 14.5. The molecule has 0 aliphatic heterocycles. The topological polar surface area (TPSA) is 35.5 Å². The van der Waals surface area contributed by atoms with Crippen LogP contribution in [-0.4, -0.2) is 26.3 Å². The van der Waals surface area contributed by atoms with E-state index in [2.05, 4.69) is 39.0 Å². The summed E-state index contributed by atoms with van der Waals surface area (Å²) in [5.41, 5.74) is 4.91. The van der Waals surface area contributed by atoms with Crippen molar-refractivity contribution in [3.63, 3.8) is 0 Å². The predicted octanol–water partition coefficient (Wildman–Crippen LogP) is 6.10. The maximum atomic E-state index is 11.4. The second-order valence-electron chi connectivity index (χ2n) is 6.67. The van der Waals surface area contributed by atoms with E-state index in [-0.39, 0.29) is 5.97 Å². The number of carbonyl (C=O) groups excluding carboxylic acids is 1. The Hall–Kier alpha value is -1.87. The molecule has 0 aromatic rings. The summed E-state index contributed by atoms with van der Waals surface area (Å²) in [6.07, 6.45) is 16.3. The van der Waals surface area contributed by atoms with Gasteiger partial charge in [-0.15, -0.1) is 0 Å². The minimum atomic E-state index is -0.301. The molecule has 0 aliphatic rings. The number of methoxy groups -OCH3 is 1. The molecule has 0 rings (SSSR count). The first kappa shape index (κ1) is 24.1. The number of ether oxygens (including phenoxy) is 2. The molecule has 0 aliphatic carbocycles. The Kier molecular flexibility index (Phi) is 14.3. The largest absolute Gasteiger partial charge is 0.463 e. The average molecular weight is 361 g/mol. The molecule has 0 unspecified atom stereocenters. The fraction of sp³-hybridized carbons (Fsp3) is 0.522. The van der Waals surface area contributed by atoms with Crippen LogP contribution in [0, 0.1) is 0 Å². The van der Waals surface area contributed by atoms with Crippen molar-refractivity contribution in [1.82, 2.24) is 0 Å². The van der Waals surface area contributed by atoms with E-state index in [1.807, 2.05) is 19.1 Å². The lowest BCUT2D eigenvalue weighted by molar-refractivity contribution is -0.137. The number of allylic oxidation sites excluding steroid dienone is 8. The van der Waals surface area contributed by atoms with Crippen molar-refractivity contribution in [2.45, 2.75) is 60.3 Å². The van der Waals surface area contributed by atoms with E-state index < -0.39 is 0 Å². The van der Waals surface area contributed by atoms with Gasteiger partial charge in [0.25, 0.3) is 0 Å². The zero-order chi connectivity index (χ0) is 19.8. The minimum Gasteiger partial charge on any atom is -0.463 e. The lowest BCUT2D eigenvalue weighted by atomic mass is 10.1. The van der Waals surface area contributed by atoms with E-state index in [4.69, 9.17) is 9.47 Å². The molecule has 26 heavy (non-hydrogen) atoms. The van der Waals surface area contributed by atoms with Crippen molar-refractivity contribution in [1.29, 1.82) is 0 Å². The van der Waals surface area contributed by atoms with Crippen molar-refractivity contribution in [3.05, 3.63) is 58.7 Å². The monoisotopic (exact) mass is 360 g/mol. The summed E-state index contributed by atoms with van der Waals surface area (Å²) in [4.78, 5) is 11.4. The van der Waals surface area contributed by atoms with Crippen LogP contribution in [0.4, 0.5) is 0 Å². The van der Waals surface area contributed by atoms with Gasteiger partial charge >= 0.3 is 5.97 Å². The zero-order valence-electron chi connectivity index (χ0n) is 17.4. The molecule has 0 fully saturated rings. The summed E-state index contributed by atoms with van der Waals surface area (Å²) in [7, 11) is 1.71. The van der Waals surface area contributed by atoms with E-state index in [1.165, 1.54) is 22.8 Å². The molecule has 3 heteroatoms. The summed E-state index contributed by atoms with van der Waals surface area (Å²) in [5, 5.41) is 0. The highest BCUT2D eigenvalue weighted by Gasteiger charge is 1.97. The van der Waals surface area contributed by atoms with Crippen LogP contribution in [0.25, 0.3) is 0 Å². The number of rotatable bonds is 12. The number of hydrogen-bond donors (Lipinski definition) is 0. The second-order valence-corrected chi connectivity index (χ2v) is 6.67. The van der Waals surface area contributed by atoms with Gasteiger partial charge in [-0.3, -0.25) is 0 Å². The lowest BCUT2D eigenvalue weighted by Gasteiger charge is -2.05. The summed E-state index contributed by atoms with van der Waals surface area (Å²) in [5.74, 6) is -0.301. The van der Waals surface area contributed by atoms with Crippen LogP contribution in [0.1, 0.15) is 60.3 Å². The summed E-state index contributed by atoms with van der Waals surface area (Å²) in [6.45, 7) is 11.2. The molecule has 146 valence electrons. The van der Waals surface area contributed by atoms with E-state index >= 15 is 0 Å². The Morgan fingerprint density at radius 1 is 1.00 bits per heavy atom. The zero-order valence-corrected chi connectivity index (χ0v) is 17.4. The standard InChI is InChI=1S/C23H36O3/c1-7-26-23(24)17-21(5)14-10-16-22(18-25-6)15-9-13-20(4)12-8-11-19(2)3/h10-11,13-14,16-17H,7-9,12,15,18H2,1-6H3. The molecule has 0 amide bonds. The van der Waals surface area contributed by atoms with Crippen LogP contribution < -0.4 is 0 Å². The SMILES string of the molecule is CCOC(=O)C=C(C)C=CC=C(CCC=C(C)CCC=C(C)C)COC. The van der Waals surface area contributed by atoms with Crippen LogP contribution in [0.3, 0.4) is 0 Å². The summed E-state index contributed by atoms with van der Waals surface area (Å²) in [6, 6.07) is 0. The molecular formula is C23H36O3. The van der Waals surface area contributed by atoms with Gasteiger partial charge in [-0.25, -0.2) is 4.79 Å². The molecule has 0 atom stereocenters. The molecule has 0 heterocycles. The average Bonchev–Trinajstić information content (AvgIpc) is 2.54. The highest BCUT2D eigenvalue weighted by molar-refractivity contribution is 5.83. The van der Waals surface area contributed by atoms with Crippen molar-refractivity contribution < 1.29 is 14.3 Å². The Labute approximate surface area is 160 Å². The van der Waals surface area contributed by atoms with E-state index in [0.717, 1.165) is 31.3 Å². The summed E-state index contributed by atoms with van der Waals surface area (Å²) < 4.78 is 10.2. The Morgan fingerprint density at radius 3 is 2.31 bits per heavy atom. The molecule has 0 aromatic heterocycles. The van der Waals surface area contributed by atoms with Gasteiger partial charge in [0.1, 0.15) is 0 Å². The van der Waals surface area contributed by atoms with Gasteiger partial charge in [-0.1, -0.05) is 41.5 Å². The van der Waals surface area contributed by atoms with Gasteiger partial charge < -0.3 is 9.47 Å². The van der Waals surface area contributed by atoms with Gasteiger partial charge in [0, 0.05) is 13.2 Å². The van der Waals surface area contributed by atoms with Gasteiger partial charge in [-0.2, -0.15) is 0 Å². The first-order chi connectivity index (χ1) is 12.4. The predicted molar refractivity (Wildman–Crippen MR) is 111 cm³/mol. The molecule has 0 N–H and O–H groups in total. The fourth-order valence-corrected chi connectivity index (χ4v) is 2.34. The molecule has 0 spiro atoms. The number of hydrogen-bond acceptors (Lipinski definition) is 3. The highest BCUT2D eigenvalue weighted by atomic mass is 16.5. The third-order valence-corrected chi connectivity index (χ3v) is 3.70.